The quantitative estimate of drug-likeness (QED) is 0.141. The molecular formula is C34H38N10O3. The first-order valence-corrected chi connectivity index (χ1v) is 15.9. The number of fused-ring (bicyclic) bond motifs is 1. The summed E-state index contributed by atoms with van der Waals surface area (Å²) in [5.41, 5.74) is 10.2. The van der Waals surface area contributed by atoms with Gasteiger partial charge >= 0.3 is 6.03 Å². The normalized spacial score (nSPS) is 22.6. The fraction of sp³-hybridized carbons (Fsp3) is 0.324. The van der Waals surface area contributed by atoms with Gasteiger partial charge < -0.3 is 41.4 Å². The van der Waals surface area contributed by atoms with Crippen molar-refractivity contribution in [1.29, 1.82) is 0 Å². The van der Waals surface area contributed by atoms with Gasteiger partial charge in [0.1, 0.15) is 6.10 Å². The van der Waals surface area contributed by atoms with E-state index in [1.54, 1.807) is 35.4 Å². The lowest BCUT2D eigenvalue weighted by atomic mass is 9.91. The number of hydrogen-bond acceptors (Lipinski definition) is 10. The van der Waals surface area contributed by atoms with E-state index in [0.29, 0.717) is 61.1 Å². The van der Waals surface area contributed by atoms with Gasteiger partial charge in [0, 0.05) is 43.8 Å². The van der Waals surface area contributed by atoms with Gasteiger partial charge in [-0.3, -0.25) is 4.98 Å². The number of carbonyl (C=O) groups is 1. The molecule has 2 aliphatic rings. The number of nitrogens with two attached hydrogens (primary N) is 1. The van der Waals surface area contributed by atoms with Gasteiger partial charge in [0.25, 0.3) is 0 Å². The van der Waals surface area contributed by atoms with Crippen molar-refractivity contribution in [3.8, 4) is 0 Å². The van der Waals surface area contributed by atoms with E-state index >= 15 is 0 Å². The second-order valence-electron chi connectivity index (χ2n) is 12.2. The molecule has 13 heteroatoms. The summed E-state index contributed by atoms with van der Waals surface area (Å²) in [6.07, 6.45) is 3.85. The summed E-state index contributed by atoms with van der Waals surface area (Å²) in [5, 5.41) is 30.7. The number of carbonyl (C=O) groups excluding carboxylic acids is 1. The summed E-state index contributed by atoms with van der Waals surface area (Å²) in [6, 6.07) is 22.7. The molecule has 2 fully saturated rings. The summed E-state index contributed by atoms with van der Waals surface area (Å²) in [7, 11) is 0. The number of pyridine rings is 1. The number of amides is 2. The van der Waals surface area contributed by atoms with Gasteiger partial charge in [0.05, 0.1) is 30.4 Å². The number of nitrogens with zero attached hydrogens (tertiary/aromatic N) is 6. The number of anilines is 3. The van der Waals surface area contributed by atoms with E-state index in [1.807, 2.05) is 41.3 Å². The molecule has 0 spiro atoms. The van der Waals surface area contributed by atoms with Crippen LogP contribution in [-0.2, 0) is 0 Å². The molecule has 0 unspecified atom stereocenters. The highest BCUT2D eigenvalue weighted by atomic mass is 16.3. The van der Waals surface area contributed by atoms with Crippen molar-refractivity contribution < 1.29 is 15.0 Å². The maximum atomic E-state index is 12.7. The van der Waals surface area contributed by atoms with Crippen LogP contribution in [0.2, 0.25) is 0 Å². The zero-order valence-corrected chi connectivity index (χ0v) is 25.7. The molecule has 2 amide bonds. The molecule has 5 aromatic rings. The summed E-state index contributed by atoms with van der Waals surface area (Å²) >= 11 is 0. The standard InChI is InChI=1S/C34H38N10O3/c35-26-16-27(30(46)29(26)45)44-20-38-28-31(37-18-25(21-8-3-1-4-9-21)22-10-5-2-6-11-22)41-33(42-32(28)44)43-15-13-24(19-43)40-34(47)39-23-12-7-14-36-17-23/h1-12,14,17,20,24-27,29-30,45-46H,13,15-16,18-19,35H2,(H,37,41,42)(H2,39,40,47)/t24-,26+,27-,29-,30+/m1/s1. The number of aliphatic hydroxyl groups excluding tert-OH is 2. The lowest BCUT2D eigenvalue weighted by Crippen LogP contribution is -2.40. The summed E-state index contributed by atoms with van der Waals surface area (Å²) < 4.78 is 1.80. The van der Waals surface area contributed by atoms with Crippen molar-refractivity contribution in [1.82, 2.24) is 29.8 Å². The fourth-order valence-corrected chi connectivity index (χ4v) is 6.58. The Hall–Kier alpha value is -5.11. The minimum absolute atomic E-state index is 0.0384. The minimum atomic E-state index is -1.06. The topological polar surface area (TPSA) is 179 Å². The number of hydrogen-bond donors (Lipinski definition) is 6. The van der Waals surface area contributed by atoms with E-state index < -0.39 is 24.3 Å². The number of aromatic nitrogens is 5. The van der Waals surface area contributed by atoms with E-state index in [1.165, 1.54) is 0 Å². The third-order valence-electron chi connectivity index (χ3n) is 9.07. The first-order valence-electron chi connectivity index (χ1n) is 15.9. The zero-order chi connectivity index (χ0) is 32.3. The highest BCUT2D eigenvalue weighted by Gasteiger charge is 2.41. The lowest BCUT2D eigenvalue weighted by molar-refractivity contribution is 0.0187. The zero-order valence-electron chi connectivity index (χ0n) is 25.7. The predicted octanol–water partition coefficient (Wildman–Crippen LogP) is 2.86. The Bertz CT molecular complexity index is 1770. The smallest absolute Gasteiger partial charge is 0.319 e. The Balaban J connectivity index is 1.18. The molecule has 5 atom stereocenters. The average Bonchev–Trinajstić information content (AvgIpc) is 3.81. The third kappa shape index (κ3) is 6.45. The van der Waals surface area contributed by atoms with E-state index in [2.05, 4.69) is 50.2 Å². The van der Waals surface area contributed by atoms with Crippen LogP contribution < -0.4 is 26.6 Å². The number of benzene rings is 2. The molecule has 242 valence electrons. The van der Waals surface area contributed by atoms with Gasteiger partial charge in [0.2, 0.25) is 5.95 Å². The van der Waals surface area contributed by atoms with Crippen LogP contribution in [0.25, 0.3) is 11.2 Å². The van der Waals surface area contributed by atoms with Gasteiger partial charge in [-0.25, -0.2) is 9.78 Å². The first-order chi connectivity index (χ1) is 22.9. The summed E-state index contributed by atoms with van der Waals surface area (Å²) in [4.78, 5) is 33.4. The third-order valence-corrected chi connectivity index (χ3v) is 9.07. The molecule has 2 aromatic carbocycles. The van der Waals surface area contributed by atoms with Crippen molar-refractivity contribution in [2.45, 2.75) is 49.1 Å². The van der Waals surface area contributed by atoms with Crippen LogP contribution >= 0.6 is 0 Å². The molecule has 7 rings (SSSR count). The van der Waals surface area contributed by atoms with E-state index in [-0.39, 0.29) is 18.0 Å². The fourth-order valence-electron chi connectivity index (χ4n) is 6.58. The SMILES string of the molecule is N[C@H]1C[C@@H](n2cnc3c(NCC(c4ccccc4)c4ccccc4)nc(N4CC[C@@H](NC(=O)Nc5cccnc5)C4)nc32)[C@H](O)[C@@H]1O. The Morgan fingerprint density at radius 1 is 0.979 bits per heavy atom. The van der Waals surface area contributed by atoms with Gasteiger partial charge in [0.15, 0.2) is 17.0 Å². The largest absolute Gasteiger partial charge is 0.389 e. The van der Waals surface area contributed by atoms with E-state index in [4.69, 9.17) is 15.7 Å². The molecule has 1 aliphatic heterocycles. The Morgan fingerprint density at radius 2 is 1.72 bits per heavy atom. The lowest BCUT2D eigenvalue weighted by Gasteiger charge is -2.22. The monoisotopic (exact) mass is 634 g/mol. The summed E-state index contributed by atoms with van der Waals surface area (Å²) in [6.45, 7) is 1.68. The van der Waals surface area contributed by atoms with Crippen molar-refractivity contribution in [3.05, 3.63) is 103 Å². The number of imidazole rings is 1. The van der Waals surface area contributed by atoms with E-state index in [0.717, 1.165) is 11.1 Å². The maximum Gasteiger partial charge on any atom is 0.319 e. The van der Waals surface area contributed by atoms with Crippen molar-refractivity contribution in [2.24, 2.45) is 5.73 Å². The highest BCUT2D eigenvalue weighted by Crippen LogP contribution is 2.35. The van der Waals surface area contributed by atoms with Gasteiger partial charge in [-0.15, -0.1) is 0 Å². The van der Waals surface area contributed by atoms with Gasteiger partial charge in [-0.1, -0.05) is 60.7 Å². The number of rotatable bonds is 9. The van der Waals surface area contributed by atoms with Crippen LogP contribution in [0.1, 0.15) is 35.9 Å². The molecule has 4 heterocycles. The molecule has 13 nitrogen and oxygen atoms in total. The molecule has 1 aliphatic carbocycles. The molecule has 47 heavy (non-hydrogen) atoms. The van der Waals surface area contributed by atoms with Crippen molar-refractivity contribution in [2.75, 3.05) is 35.2 Å². The molecule has 1 saturated heterocycles. The van der Waals surface area contributed by atoms with Crippen LogP contribution in [0.3, 0.4) is 0 Å². The highest BCUT2D eigenvalue weighted by molar-refractivity contribution is 5.89. The van der Waals surface area contributed by atoms with Crippen molar-refractivity contribution in [3.63, 3.8) is 0 Å². The molecule has 3 aromatic heterocycles. The van der Waals surface area contributed by atoms with Gasteiger partial charge in [-0.05, 0) is 36.1 Å². The number of nitrogens with one attached hydrogen (secondary N) is 3. The number of aliphatic hydroxyl groups is 2. The summed E-state index contributed by atoms with van der Waals surface area (Å²) in [5.74, 6) is 1.08. The second kappa shape index (κ2) is 13.3. The van der Waals surface area contributed by atoms with Crippen LogP contribution in [0.5, 0.6) is 0 Å². The molecule has 0 bridgehead atoms. The van der Waals surface area contributed by atoms with Gasteiger partial charge in [-0.2, -0.15) is 9.97 Å². The van der Waals surface area contributed by atoms with Crippen LogP contribution in [0.4, 0.5) is 22.2 Å². The Labute approximate surface area is 271 Å². The van der Waals surface area contributed by atoms with Crippen LogP contribution in [0, 0.1) is 0 Å². The average molecular weight is 635 g/mol. The first kappa shape index (κ1) is 30.5. The number of urea groups is 1. The van der Waals surface area contributed by atoms with E-state index in [9.17, 15) is 15.0 Å². The predicted molar refractivity (Wildman–Crippen MR) is 179 cm³/mol. The molecule has 0 radical (unpaired) electrons. The van der Waals surface area contributed by atoms with Crippen molar-refractivity contribution >= 4 is 34.6 Å². The minimum Gasteiger partial charge on any atom is -0.389 e. The van der Waals surface area contributed by atoms with Crippen LogP contribution in [-0.4, -0.2) is 84.7 Å². The maximum absolute atomic E-state index is 12.7. The van der Waals surface area contributed by atoms with Crippen LogP contribution in [0.15, 0.2) is 91.5 Å². The molecular weight excluding hydrogens is 596 g/mol. The Kier molecular flexibility index (Phi) is 8.66. The Morgan fingerprint density at radius 3 is 2.38 bits per heavy atom. The molecule has 1 saturated carbocycles. The second-order valence-corrected chi connectivity index (χ2v) is 12.2. The molecule has 7 N–H and O–H groups in total.